The van der Waals surface area contributed by atoms with Gasteiger partial charge in [-0.1, -0.05) is 0 Å². The Kier molecular flexibility index (Phi) is 12.4. The van der Waals surface area contributed by atoms with E-state index in [1.807, 2.05) is 0 Å². The Morgan fingerprint density at radius 1 is 0.486 bits per heavy atom. The van der Waals surface area contributed by atoms with Gasteiger partial charge in [-0.15, -0.1) is 0 Å². The van der Waals surface area contributed by atoms with Crippen molar-refractivity contribution in [2.45, 2.75) is 131 Å². The minimum absolute atomic E-state index is 0.0685. The summed E-state index contributed by atoms with van der Waals surface area (Å²) in [5.41, 5.74) is -4.61. The molecule has 2 amide bonds. The Hall–Kier alpha value is -2.52. The van der Waals surface area contributed by atoms with E-state index in [9.17, 15) is 19.2 Å². The molecule has 0 radical (unpaired) electrons. The lowest BCUT2D eigenvalue weighted by Crippen LogP contribution is -2.47. The molecule has 10 heteroatoms. The van der Waals surface area contributed by atoms with Crippen molar-refractivity contribution < 1.29 is 38.1 Å². The van der Waals surface area contributed by atoms with E-state index in [2.05, 4.69) is 10.6 Å². The van der Waals surface area contributed by atoms with Gasteiger partial charge in [0.25, 0.3) is 0 Å². The number of rotatable bonds is 10. The zero-order valence-electron chi connectivity index (χ0n) is 25.0. The summed E-state index contributed by atoms with van der Waals surface area (Å²) in [5.74, 6) is -1.41. The second kappa shape index (κ2) is 13.3. The molecule has 0 atom stereocenters. The molecule has 0 bridgehead atoms. The smallest absolute Gasteiger partial charge is 0.407 e. The molecule has 10 nitrogen and oxygen atoms in total. The number of amides is 2. The fraction of sp³-hybridized carbons (Fsp3) is 0.852. The van der Waals surface area contributed by atoms with Crippen LogP contribution >= 0.6 is 0 Å². The number of carbonyl (C=O) groups excluding carboxylic acids is 4. The normalized spacial score (nSPS) is 12.9. The molecule has 0 aliphatic heterocycles. The second-order valence-electron chi connectivity index (χ2n) is 13.2. The van der Waals surface area contributed by atoms with Crippen LogP contribution in [0.3, 0.4) is 0 Å². The van der Waals surface area contributed by atoms with Crippen molar-refractivity contribution in [3.63, 3.8) is 0 Å². The van der Waals surface area contributed by atoms with Crippen LogP contribution in [-0.2, 0) is 28.5 Å². The van der Waals surface area contributed by atoms with Gasteiger partial charge in [-0.05, 0) is 109 Å². The fourth-order valence-electron chi connectivity index (χ4n) is 3.16. The number of esters is 2. The number of hydrogen-bond donors (Lipinski definition) is 2. The minimum atomic E-state index is -1.63. The maximum atomic E-state index is 13.5. The Morgan fingerprint density at radius 3 is 1.00 bits per heavy atom. The number of carbonyl (C=O) groups is 4. The quantitative estimate of drug-likeness (QED) is 0.169. The molecule has 216 valence electrons. The lowest BCUT2D eigenvalue weighted by molar-refractivity contribution is -0.186. The standard InChI is InChI=1S/C27H50N2O8/c1-23(2,3)34-19(30)27(20(31)35-24(4,5)6,15-13-17-28-21(32)36-25(7,8)9)16-14-18-29-22(33)37-26(10,11)12/h13-18H2,1-12H3,(H,28,32)(H,29,33). The highest BCUT2D eigenvalue weighted by molar-refractivity contribution is 6.00. The first-order valence-corrected chi connectivity index (χ1v) is 12.9. The maximum absolute atomic E-state index is 13.5. The van der Waals surface area contributed by atoms with Crippen LogP contribution in [0.4, 0.5) is 9.59 Å². The van der Waals surface area contributed by atoms with E-state index < -0.39 is 51.9 Å². The molecule has 0 aliphatic carbocycles. The third-order valence-corrected chi connectivity index (χ3v) is 4.48. The topological polar surface area (TPSA) is 129 Å². The van der Waals surface area contributed by atoms with Gasteiger partial charge in [-0.25, -0.2) is 9.59 Å². The zero-order chi connectivity index (χ0) is 29.3. The van der Waals surface area contributed by atoms with Crippen LogP contribution in [0.25, 0.3) is 0 Å². The van der Waals surface area contributed by atoms with Gasteiger partial charge in [0.15, 0.2) is 5.41 Å². The summed E-state index contributed by atoms with van der Waals surface area (Å²) in [6.45, 7) is 21.2. The van der Waals surface area contributed by atoms with Gasteiger partial charge < -0.3 is 29.6 Å². The summed E-state index contributed by atoms with van der Waals surface area (Å²) in [6, 6.07) is 0. The molecule has 0 aliphatic rings. The van der Waals surface area contributed by atoms with Crippen molar-refractivity contribution >= 4 is 24.1 Å². The van der Waals surface area contributed by atoms with Crippen LogP contribution < -0.4 is 10.6 Å². The maximum Gasteiger partial charge on any atom is 0.407 e. The number of hydrogen-bond acceptors (Lipinski definition) is 8. The fourth-order valence-corrected chi connectivity index (χ4v) is 3.16. The van der Waals surface area contributed by atoms with E-state index in [4.69, 9.17) is 18.9 Å². The first-order valence-electron chi connectivity index (χ1n) is 12.9. The molecule has 0 spiro atoms. The highest BCUT2D eigenvalue weighted by atomic mass is 16.6. The predicted octanol–water partition coefficient (Wildman–Crippen LogP) is 5.27. The van der Waals surface area contributed by atoms with Gasteiger partial charge in [0.1, 0.15) is 22.4 Å². The van der Waals surface area contributed by atoms with Crippen LogP contribution in [-0.4, -0.2) is 59.6 Å². The molecule has 0 saturated carbocycles. The van der Waals surface area contributed by atoms with Crippen molar-refractivity contribution in [2.24, 2.45) is 5.41 Å². The van der Waals surface area contributed by atoms with Crippen LogP contribution in [0, 0.1) is 5.41 Å². The Bertz CT molecular complexity index is 714. The Balaban J connectivity index is 5.73. The molecule has 0 aromatic heterocycles. The van der Waals surface area contributed by atoms with E-state index in [0.717, 1.165) is 0 Å². The van der Waals surface area contributed by atoms with Gasteiger partial charge in [-0.3, -0.25) is 9.59 Å². The summed E-state index contributed by atoms with van der Waals surface area (Å²) in [7, 11) is 0. The van der Waals surface area contributed by atoms with Crippen molar-refractivity contribution in [1.82, 2.24) is 10.6 Å². The van der Waals surface area contributed by atoms with E-state index >= 15 is 0 Å². The van der Waals surface area contributed by atoms with Gasteiger partial charge in [0.2, 0.25) is 0 Å². The summed E-state index contributed by atoms with van der Waals surface area (Å²) >= 11 is 0. The molecule has 2 N–H and O–H groups in total. The van der Waals surface area contributed by atoms with Crippen LogP contribution in [0.15, 0.2) is 0 Å². The molecule has 0 fully saturated rings. The van der Waals surface area contributed by atoms with E-state index in [0.29, 0.717) is 0 Å². The van der Waals surface area contributed by atoms with Crippen molar-refractivity contribution in [1.29, 1.82) is 0 Å². The molecule has 0 heterocycles. The molecule has 0 aromatic rings. The largest absolute Gasteiger partial charge is 0.459 e. The number of alkyl carbamates (subject to hydrolysis) is 2. The van der Waals surface area contributed by atoms with E-state index in [-0.39, 0.29) is 38.8 Å². The van der Waals surface area contributed by atoms with E-state index in [1.54, 1.807) is 83.1 Å². The highest BCUT2D eigenvalue weighted by Crippen LogP contribution is 2.36. The minimum Gasteiger partial charge on any atom is -0.459 e. The van der Waals surface area contributed by atoms with Gasteiger partial charge in [-0.2, -0.15) is 0 Å². The Morgan fingerprint density at radius 2 is 0.757 bits per heavy atom. The first kappa shape index (κ1) is 34.5. The third-order valence-electron chi connectivity index (χ3n) is 4.48. The third kappa shape index (κ3) is 16.0. The first-order chi connectivity index (χ1) is 16.5. The number of nitrogens with one attached hydrogen (secondary N) is 2. The Labute approximate surface area is 222 Å². The van der Waals surface area contributed by atoms with Gasteiger partial charge >= 0.3 is 24.1 Å². The lowest BCUT2D eigenvalue weighted by Gasteiger charge is -2.35. The molecular formula is C27H50N2O8. The van der Waals surface area contributed by atoms with Crippen LogP contribution in [0.5, 0.6) is 0 Å². The summed E-state index contributed by atoms with van der Waals surface area (Å²) in [5, 5.41) is 5.30. The predicted molar refractivity (Wildman–Crippen MR) is 141 cm³/mol. The van der Waals surface area contributed by atoms with Crippen molar-refractivity contribution in [2.75, 3.05) is 13.1 Å². The second-order valence-corrected chi connectivity index (χ2v) is 13.2. The lowest BCUT2D eigenvalue weighted by atomic mass is 9.78. The molecule has 0 saturated heterocycles. The van der Waals surface area contributed by atoms with Crippen LogP contribution in [0.2, 0.25) is 0 Å². The average Bonchev–Trinajstić information content (AvgIpc) is 2.60. The van der Waals surface area contributed by atoms with Crippen molar-refractivity contribution in [3.8, 4) is 0 Å². The SMILES string of the molecule is CC(C)(C)OC(=O)NCCCC(CCCNC(=O)OC(C)(C)C)(C(=O)OC(C)(C)C)C(=O)OC(C)(C)C. The monoisotopic (exact) mass is 530 g/mol. The molecule has 0 rings (SSSR count). The molecule has 0 aromatic carbocycles. The summed E-state index contributed by atoms with van der Waals surface area (Å²) < 4.78 is 21.8. The summed E-state index contributed by atoms with van der Waals surface area (Å²) in [6.07, 6.45) is -0.463. The molecule has 37 heavy (non-hydrogen) atoms. The molecule has 0 unspecified atom stereocenters. The molecular weight excluding hydrogens is 480 g/mol. The van der Waals surface area contributed by atoms with Crippen LogP contribution in [0.1, 0.15) is 109 Å². The highest BCUT2D eigenvalue weighted by Gasteiger charge is 2.50. The summed E-state index contributed by atoms with van der Waals surface area (Å²) in [4.78, 5) is 51.0. The number of ether oxygens (including phenoxy) is 4. The average molecular weight is 531 g/mol. The van der Waals surface area contributed by atoms with E-state index in [1.165, 1.54) is 0 Å². The van der Waals surface area contributed by atoms with Gasteiger partial charge in [0.05, 0.1) is 0 Å². The van der Waals surface area contributed by atoms with Gasteiger partial charge in [0, 0.05) is 13.1 Å². The zero-order valence-corrected chi connectivity index (χ0v) is 25.0. The van der Waals surface area contributed by atoms with Crippen molar-refractivity contribution in [3.05, 3.63) is 0 Å².